The summed E-state index contributed by atoms with van der Waals surface area (Å²) in [5.41, 5.74) is 1.47. The van der Waals surface area contributed by atoms with E-state index in [9.17, 15) is 10.2 Å². The Morgan fingerprint density at radius 3 is 2.68 bits per heavy atom. The standard InChI is InChI=1S/C19H28O2S/c1-18-7-5-12(22)9-11(18)10-15(20)17-13-3-4-16(21)19(13,2)8-6-14(17)18/h5,7,10,12-17,20-22H,3-4,6,8-9H2,1-2H3/t12?,13-,14+,15?,16?,17-,18-,19-/m0/s1. The molecule has 0 spiro atoms. The van der Waals surface area contributed by atoms with Gasteiger partial charge in [0.1, 0.15) is 0 Å². The zero-order chi connectivity index (χ0) is 15.7. The lowest BCUT2D eigenvalue weighted by Crippen LogP contribution is -2.54. The van der Waals surface area contributed by atoms with Crippen molar-refractivity contribution in [2.45, 2.75) is 63.4 Å². The summed E-state index contributed by atoms with van der Waals surface area (Å²) in [4.78, 5) is 0. The molecule has 0 aromatic carbocycles. The summed E-state index contributed by atoms with van der Waals surface area (Å²) in [6.45, 7) is 4.60. The second-order valence-corrected chi connectivity index (χ2v) is 9.19. The fourth-order valence-corrected chi connectivity index (χ4v) is 6.48. The zero-order valence-corrected chi connectivity index (χ0v) is 14.5. The highest BCUT2D eigenvalue weighted by atomic mass is 32.1. The molecule has 4 aliphatic rings. The van der Waals surface area contributed by atoms with Gasteiger partial charge in [-0.05, 0) is 55.3 Å². The minimum absolute atomic E-state index is 0.00825. The predicted molar refractivity (Wildman–Crippen MR) is 91.8 cm³/mol. The lowest BCUT2D eigenvalue weighted by molar-refractivity contribution is -0.0896. The number of rotatable bonds is 0. The summed E-state index contributed by atoms with van der Waals surface area (Å²) in [5, 5.41) is 21.6. The number of allylic oxidation sites excluding steroid dienone is 2. The lowest BCUT2D eigenvalue weighted by Gasteiger charge is -2.57. The van der Waals surface area contributed by atoms with E-state index in [2.05, 4.69) is 44.7 Å². The van der Waals surface area contributed by atoms with Gasteiger partial charge in [0.25, 0.3) is 0 Å². The monoisotopic (exact) mass is 320 g/mol. The zero-order valence-electron chi connectivity index (χ0n) is 13.6. The normalized spacial score (nSPS) is 56.9. The van der Waals surface area contributed by atoms with Gasteiger partial charge in [-0.1, -0.05) is 37.6 Å². The highest BCUT2D eigenvalue weighted by Gasteiger charge is 2.59. The summed E-state index contributed by atoms with van der Waals surface area (Å²) in [6, 6.07) is 0. The molecule has 122 valence electrons. The first kappa shape index (κ1) is 15.3. The van der Waals surface area contributed by atoms with E-state index in [1.807, 2.05) is 0 Å². The molecule has 3 unspecified atom stereocenters. The second kappa shape index (κ2) is 4.87. The van der Waals surface area contributed by atoms with Gasteiger partial charge in [-0.2, -0.15) is 12.6 Å². The summed E-state index contributed by atoms with van der Waals surface area (Å²) in [7, 11) is 0. The summed E-state index contributed by atoms with van der Waals surface area (Å²) in [5.74, 6) is 1.25. The van der Waals surface area contributed by atoms with Crippen molar-refractivity contribution in [3.8, 4) is 0 Å². The van der Waals surface area contributed by atoms with E-state index in [1.54, 1.807) is 0 Å². The third-order valence-corrected chi connectivity index (χ3v) is 7.96. The highest BCUT2D eigenvalue weighted by Crippen LogP contribution is 2.63. The molecule has 2 fully saturated rings. The quantitative estimate of drug-likeness (QED) is 0.473. The Balaban J connectivity index is 1.76. The molecule has 4 rings (SSSR count). The Morgan fingerprint density at radius 2 is 1.91 bits per heavy atom. The van der Waals surface area contributed by atoms with Crippen LogP contribution in [0, 0.1) is 28.6 Å². The first-order valence-electron chi connectivity index (χ1n) is 8.81. The van der Waals surface area contributed by atoms with E-state index in [1.165, 1.54) is 5.57 Å². The van der Waals surface area contributed by atoms with Gasteiger partial charge in [-0.25, -0.2) is 0 Å². The Hall–Kier alpha value is -0.250. The predicted octanol–water partition coefficient (Wildman–Crippen LogP) is 3.36. The fraction of sp³-hybridized carbons (Fsp3) is 0.789. The largest absolute Gasteiger partial charge is 0.393 e. The van der Waals surface area contributed by atoms with Crippen molar-refractivity contribution in [3.63, 3.8) is 0 Å². The molecule has 2 N–H and O–H groups in total. The summed E-state index contributed by atoms with van der Waals surface area (Å²) in [6.07, 6.45) is 11.3. The highest BCUT2D eigenvalue weighted by molar-refractivity contribution is 7.81. The molecule has 2 nitrogen and oxygen atoms in total. The maximum absolute atomic E-state index is 10.9. The average molecular weight is 320 g/mol. The number of aliphatic hydroxyl groups is 2. The van der Waals surface area contributed by atoms with Crippen LogP contribution in [-0.4, -0.2) is 27.7 Å². The van der Waals surface area contributed by atoms with Crippen LogP contribution in [0.3, 0.4) is 0 Å². The van der Waals surface area contributed by atoms with Crippen molar-refractivity contribution in [2.75, 3.05) is 0 Å². The number of fused-ring (bicyclic) bond motifs is 5. The van der Waals surface area contributed by atoms with Crippen molar-refractivity contribution in [2.24, 2.45) is 28.6 Å². The second-order valence-electron chi connectivity index (χ2n) is 8.52. The first-order valence-corrected chi connectivity index (χ1v) is 9.32. The molecule has 0 aromatic heterocycles. The molecule has 8 atom stereocenters. The Labute approximate surface area is 139 Å². The molecule has 0 aromatic rings. The van der Waals surface area contributed by atoms with E-state index in [0.29, 0.717) is 17.8 Å². The van der Waals surface area contributed by atoms with Crippen molar-refractivity contribution < 1.29 is 10.2 Å². The molecule has 0 bridgehead atoms. The van der Waals surface area contributed by atoms with Gasteiger partial charge >= 0.3 is 0 Å². The minimum atomic E-state index is -0.352. The topological polar surface area (TPSA) is 40.5 Å². The van der Waals surface area contributed by atoms with Crippen LogP contribution in [-0.2, 0) is 0 Å². The molecule has 0 saturated heterocycles. The van der Waals surface area contributed by atoms with Gasteiger partial charge < -0.3 is 10.2 Å². The van der Waals surface area contributed by atoms with Crippen molar-refractivity contribution in [1.29, 1.82) is 0 Å². The van der Waals surface area contributed by atoms with Crippen LogP contribution >= 0.6 is 12.6 Å². The van der Waals surface area contributed by atoms with Gasteiger partial charge in [-0.15, -0.1) is 0 Å². The fourth-order valence-electron chi connectivity index (χ4n) is 6.20. The third kappa shape index (κ3) is 1.88. The molecule has 3 heteroatoms. The van der Waals surface area contributed by atoms with Crippen LogP contribution in [0.4, 0.5) is 0 Å². The van der Waals surface area contributed by atoms with Gasteiger partial charge in [0.15, 0.2) is 0 Å². The van der Waals surface area contributed by atoms with E-state index in [-0.39, 0.29) is 28.3 Å². The van der Waals surface area contributed by atoms with Crippen molar-refractivity contribution in [1.82, 2.24) is 0 Å². The molecule has 0 aliphatic heterocycles. The van der Waals surface area contributed by atoms with Crippen LogP contribution in [0.25, 0.3) is 0 Å². The molecular formula is C19H28O2S. The Bertz CT molecular complexity index is 542. The van der Waals surface area contributed by atoms with E-state index < -0.39 is 0 Å². The SMILES string of the molecule is C[C@]12C=CC(S)CC1=CC(O)[C@@H]1[C@H]2CC[C@]2(C)C(O)CC[C@@H]12. The molecular weight excluding hydrogens is 292 g/mol. The minimum Gasteiger partial charge on any atom is -0.393 e. The van der Waals surface area contributed by atoms with E-state index in [0.717, 1.165) is 32.1 Å². The summed E-state index contributed by atoms with van der Waals surface area (Å²) < 4.78 is 0. The number of hydrogen-bond acceptors (Lipinski definition) is 3. The van der Waals surface area contributed by atoms with Crippen LogP contribution < -0.4 is 0 Å². The third-order valence-electron chi connectivity index (χ3n) is 7.60. The molecule has 0 heterocycles. The molecule has 0 amide bonds. The van der Waals surface area contributed by atoms with Crippen LogP contribution in [0.5, 0.6) is 0 Å². The molecule has 2 saturated carbocycles. The average Bonchev–Trinajstić information content (AvgIpc) is 2.77. The van der Waals surface area contributed by atoms with E-state index in [4.69, 9.17) is 0 Å². The molecule has 0 radical (unpaired) electrons. The smallest absolute Gasteiger partial charge is 0.0757 e. The van der Waals surface area contributed by atoms with Crippen LogP contribution in [0.1, 0.15) is 46.0 Å². The van der Waals surface area contributed by atoms with Gasteiger partial charge in [0.05, 0.1) is 12.2 Å². The van der Waals surface area contributed by atoms with Gasteiger partial charge in [0, 0.05) is 10.7 Å². The summed E-state index contributed by atoms with van der Waals surface area (Å²) >= 11 is 4.61. The lowest BCUT2D eigenvalue weighted by atomic mass is 9.48. The van der Waals surface area contributed by atoms with Crippen molar-refractivity contribution >= 4 is 12.6 Å². The molecule has 4 aliphatic carbocycles. The van der Waals surface area contributed by atoms with Crippen LogP contribution in [0.15, 0.2) is 23.8 Å². The van der Waals surface area contributed by atoms with Gasteiger partial charge in [0.2, 0.25) is 0 Å². The maximum atomic E-state index is 10.9. The number of hydrogen-bond donors (Lipinski definition) is 3. The van der Waals surface area contributed by atoms with Crippen LogP contribution in [0.2, 0.25) is 0 Å². The number of aliphatic hydroxyl groups excluding tert-OH is 2. The first-order chi connectivity index (χ1) is 10.4. The van der Waals surface area contributed by atoms with Gasteiger partial charge in [-0.3, -0.25) is 0 Å². The van der Waals surface area contributed by atoms with E-state index >= 15 is 0 Å². The maximum Gasteiger partial charge on any atom is 0.0757 e. The number of thiol groups is 1. The Morgan fingerprint density at radius 1 is 1.14 bits per heavy atom. The molecule has 22 heavy (non-hydrogen) atoms. The Kier molecular flexibility index (Phi) is 3.39. The van der Waals surface area contributed by atoms with Crippen molar-refractivity contribution in [3.05, 3.63) is 23.8 Å².